The summed E-state index contributed by atoms with van der Waals surface area (Å²) >= 11 is 0. The van der Waals surface area contributed by atoms with Gasteiger partial charge in [-0.15, -0.1) is 0 Å². The standard InChI is InChI=1S/C19H33N3O4/c1-20(16-6-3-2-4-7-16)10-5-11-22-15-19(26-18(22)25)8-12-21(13-9-19)17(24)14-23/h16,23H,2-15H2,1H3. The van der Waals surface area contributed by atoms with E-state index >= 15 is 0 Å². The Labute approximate surface area is 156 Å². The van der Waals surface area contributed by atoms with Gasteiger partial charge in [-0.2, -0.15) is 0 Å². The maximum Gasteiger partial charge on any atom is 0.410 e. The van der Waals surface area contributed by atoms with Crippen LogP contribution in [-0.2, 0) is 9.53 Å². The summed E-state index contributed by atoms with van der Waals surface area (Å²) in [6.07, 6.45) is 8.71. The zero-order chi connectivity index (χ0) is 18.6. The minimum Gasteiger partial charge on any atom is -0.441 e. The summed E-state index contributed by atoms with van der Waals surface area (Å²) in [7, 11) is 2.20. The van der Waals surface area contributed by atoms with Crippen molar-refractivity contribution >= 4 is 12.0 Å². The van der Waals surface area contributed by atoms with Crippen LogP contribution in [-0.4, -0.2) is 89.8 Å². The second-order valence-electron chi connectivity index (χ2n) is 8.14. The quantitative estimate of drug-likeness (QED) is 0.769. The van der Waals surface area contributed by atoms with Crippen LogP contribution in [0, 0.1) is 0 Å². The van der Waals surface area contributed by atoms with E-state index in [0.717, 1.165) is 19.5 Å². The third-order valence-electron chi connectivity index (χ3n) is 6.34. The number of piperidine rings is 1. The lowest BCUT2D eigenvalue weighted by molar-refractivity contribution is -0.137. The molecule has 0 aromatic heterocycles. The van der Waals surface area contributed by atoms with E-state index in [4.69, 9.17) is 9.84 Å². The summed E-state index contributed by atoms with van der Waals surface area (Å²) < 4.78 is 5.71. The van der Waals surface area contributed by atoms with Gasteiger partial charge in [0, 0.05) is 38.5 Å². The molecule has 1 spiro atoms. The van der Waals surface area contributed by atoms with Crippen molar-refractivity contribution in [2.45, 2.75) is 63.0 Å². The average molecular weight is 367 g/mol. The molecule has 2 amide bonds. The lowest BCUT2D eigenvalue weighted by atomic mass is 9.91. The molecule has 2 heterocycles. The van der Waals surface area contributed by atoms with Crippen molar-refractivity contribution in [1.29, 1.82) is 0 Å². The molecule has 2 aliphatic heterocycles. The second-order valence-corrected chi connectivity index (χ2v) is 8.14. The van der Waals surface area contributed by atoms with Gasteiger partial charge in [-0.1, -0.05) is 19.3 Å². The molecule has 7 nitrogen and oxygen atoms in total. The molecule has 1 N–H and O–H groups in total. The van der Waals surface area contributed by atoms with Crippen LogP contribution < -0.4 is 0 Å². The summed E-state index contributed by atoms with van der Waals surface area (Å²) in [6.45, 7) is 3.01. The van der Waals surface area contributed by atoms with Crippen LogP contribution in [0.1, 0.15) is 51.4 Å². The minimum absolute atomic E-state index is 0.216. The van der Waals surface area contributed by atoms with Gasteiger partial charge < -0.3 is 24.5 Å². The first-order valence-electron chi connectivity index (χ1n) is 10.1. The van der Waals surface area contributed by atoms with Crippen LogP contribution in [0.15, 0.2) is 0 Å². The van der Waals surface area contributed by atoms with Crippen molar-refractivity contribution in [3.05, 3.63) is 0 Å². The predicted molar refractivity (Wildman–Crippen MR) is 97.8 cm³/mol. The molecule has 0 unspecified atom stereocenters. The Balaban J connectivity index is 1.41. The molecule has 0 aromatic rings. The van der Waals surface area contributed by atoms with Crippen LogP contribution in [0.25, 0.3) is 0 Å². The number of amides is 2. The van der Waals surface area contributed by atoms with E-state index in [0.29, 0.717) is 38.5 Å². The number of carbonyl (C=O) groups is 2. The summed E-state index contributed by atoms with van der Waals surface area (Å²) in [5.74, 6) is -0.244. The van der Waals surface area contributed by atoms with Gasteiger partial charge in [0.1, 0.15) is 12.2 Å². The van der Waals surface area contributed by atoms with Crippen molar-refractivity contribution in [1.82, 2.24) is 14.7 Å². The molecular formula is C19H33N3O4. The van der Waals surface area contributed by atoms with E-state index in [1.54, 1.807) is 4.90 Å². The monoisotopic (exact) mass is 367 g/mol. The molecule has 3 rings (SSSR count). The van der Waals surface area contributed by atoms with Crippen LogP contribution in [0.5, 0.6) is 0 Å². The maximum absolute atomic E-state index is 12.3. The number of nitrogens with zero attached hydrogens (tertiary/aromatic N) is 3. The van der Waals surface area contributed by atoms with E-state index in [1.165, 1.54) is 32.1 Å². The van der Waals surface area contributed by atoms with Gasteiger partial charge in [0.2, 0.25) is 5.91 Å². The summed E-state index contributed by atoms with van der Waals surface area (Å²) in [4.78, 5) is 29.8. The van der Waals surface area contributed by atoms with Gasteiger partial charge >= 0.3 is 6.09 Å². The number of rotatable bonds is 6. The first-order chi connectivity index (χ1) is 12.5. The topological polar surface area (TPSA) is 73.3 Å². The van der Waals surface area contributed by atoms with Crippen molar-refractivity contribution in [2.75, 3.05) is 46.4 Å². The number of hydrogen-bond acceptors (Lipinski definition) is 5. The summed E-state index contributed by atoms with van der Waals surface area (Å²) in [5.41, 5.74) is -0.446. The molecule has 0 atom stereocenters. The molecule has 0 bridgehead atoms. The minimum atomic E-state index is -0.451. The Morgan fingerprint density at radius 1 is 1.27 bits per heavy atom. The highest BCUT2D eigenvalue weighted by Gasteiger charge is 2.47. The Hall–Kier alpha value is -1.34. The summed E-state index contributed by atoms with van der Waals surface area (Å²) in [5, 5.41) is 8.98. The Kier molecular flexibility index (Phi) is 6.40. The van der Waals surface area contributed by atoms with Crippen LogP contribution in [0.4, 0.5) is 4.79 Å². The fraction of sp³-hybridized carbons (Fsp3) is 0.895. The molecule has 26 heavy (non-hydrogen) atoms. The van der Waals surface area contributed by atoms with Crippen molar-refractivity contribution < 1.29 is 19.4 Å². The Morgan fingerprint density at radius 3 is 2.62 bits per heavy atom. The van der Waals surface area contributed by atoms with Crippen molar-refractivity contribution in [2.24, 2.45) is 0 Å². The van der Waals surface area contributed by atoms with Crippen molar-refractivity contribution in [3.63, 3.8) is 0 Å². The largest absolute Gasteiger partial charge is 0.441 e. The molecule has 1 saturated carbocycles. The lowest BCUT2D eigenvalue weighted by Crippen LogP contribution is -2.49. The van der Waals surface area contributed by atoms with Crippen molar-refractivity contribution in [3.8, 4) is 0 Å². The SMILES string of the molecule is CN(CCCN1CC2(CCN(C(=O)CO)CC2)OC1=O)C1CCCCC1. The highest BCUT2D eigenvalue weighted by molar-refractivity contribution is 5.77. The molecule has 0 radical (unpaired) electrons. The average Bonchev–Trinajstić information content (AvgIpc) is 2.97. The van der Waals surface area contributed by atoms with Crippen LogP contribution in [0.3, 0.4) is 0 Å². The maximum atomic E-state index is 12.3. The van der Waals surface area contributed by atoms with E-state index in [-0.39, 0.29) is 12.0 Å². The number of hydrogen-bond donors (Lipinski definition) is 1. The molecule has 3 fully saturated rings. The number of likely N-dealkylation sites (tertiary alicyclic amines) is 1. The van der Waals surface area contributed by atoms with E-state index in [1.807, 2.05) is 4.90 Å². The molecule has 3 aliphatic rings. The third kappa shape index (κ3) is 4.49. The number of aliphatic hydroxyl groups excluding tert-OH is 1. The number of aliphatic hydroxyl groups is 1. The zero-order valence-corrected chi connectivity index (χ0v) is 16.0. The lowest BCUT2D eigenvalue weighted by Gasteiger charge is -2.37. The highest BCUT2D eigenvalue weighted by Crippen LogP contribution is 2.33. The van der Waals surface area contributed by atoms with Gasteiger partial charge in [0.15, 0.2) is 0 Å². The molecule has 0 aromatic carbocycles. The Morgan fingerprint density at radius 2 is 1.96 bits per heavy atom. The van der Waals surface area contributed by atoms with Gasteiger partial charge in [0.05, 0.1) is 6.54 Å². The molecule has 2 saturated heterocycles. The van der Waals surface area contributed by atoms with E-state index in [2.05, 4.69) is 11.9 Å². The summed E-state index contributed by atoms with van der Waals surface area (Å²) in [6, 6.07) is 0.703. The normalized spacial score (nSPS) is 23.7. The van der Waals surface area contributed by atoms with Gasteiger partial charge in [-0.3, -0.25) is 4.79 Å². The zero-order valence-electron chi connectivity index (χ0n) is 16.0. The highest BCUT2D eigenvalue weighted by atomic mass is 16.6. The molecule has 7 heteroatoms. The number of carbonyl (C=O) groups excluding carboxylic acids is 2. The smallest absolute Gasteiger partial charge is 0.410 e. The fourth-order valence-electron chi connectivity index (χ4n) is 4.60. The second kappa shape index (κ2) is 8.57. The molecule has 1 aliphatic carbocycles. The van der Waals surface area contributed by atoms with E-state index < -0.39 is 12.2 Å². The Bertz CT molecular complexity index is 499. The molecular weight excluding hydrogens is 334 g/mol. The number of ether oxygens (including phenoxy) is 1. The van der Waals surface area contributed by atoms with E-state index in [9.17, 15) is 9.59 Å². The van der Waals surface area contributed by atoms with Gasteiger partial charge in [-0.05, 0) is 32.9 Å². The first kappa shape index (κ1) is 19.4. The first-order valence-corrected chi connectivity index (χ1v) is 10.1. The predicted octanol–water partition coefficient (Wildman–Crippen LogP) is 1.45. The van der Waals surface area contributed by atoms with Gasteiger partial charge in [0.25, 0.3) is 0 Å². The van der Waals surface area contributed by atoms with Crippen LogP contribution in [0.2, 0.25) is 0 Å². The van der Waals surface area contributed by atoms with Gasteiger partial charge in [-0.25, -0.2) is 4.79 Å². The third-order valence-corrected chi connectivity index (χ3v) is 6.34. The molecule has 148 valence electrons. The van der Waals surface area contributed by atoms with Crippen LogP contribution >= 0.6 is 0 Å². The fourth-order valence-corrected chi connectivity index (χ4v) is 4.60.